The first kappa shape index (κ1) is 13.9. The van der Waals surface area contributed by atoms with Gasteiger partial charge in [-0.1, -0.05) is 12.2 Å². The number of nitrogen functional groups attached to an aromatic ring is 1. The first-order valence-corrected chi connectivity index (χ1v) is 6.51. The standard InChI is InChI=1S/C15H18N4O/c1-2-3-4-10-17-15(20)14-9-11-19(18-14)13-7-5-12(16)6-8-13/h2-3,5-9,11H,4,10,16H2,1H3,(H,17,20)/b3-2+. The lowest BCUT2D eigenvalue weighted by Crippen LogP contribution is -2.24. The largest absolute Gasteiger partial charge is 0.399 e. The lowest BCUT2D eigenvalue weighted by Gasteiger charge is -2.02. The van der Waals surface area contributed by atoms with Crippen molar-refractivity contribution in [3.05, 3.63) is 54.4 Å². The van der Waals surface area contributed by atoms with Gasteiger partial charge < -0.3 is 11.1 Å². The van der Waals surface area contributed by atoms with E-state index in [-0.39, 0.29) is 5.91 Å². The number of hydrogen-bond donors (Lipinski definition) is 2. The van der Waals surface area contributed by atoms with Crippen molar-refractivity contribution >= 4 is 11.6 Å². The Labute approximate surface area is 118 Å². The number of allylic oxidation sites excluding steroid dienone is 1. The van der Waals surface area contributed by atoms with Crippen LogP contribution in [0.5, 0.6) is 0 Å². The van der Waals surface area contributed by atoms with Crippen LogP contribution in [0.15, 0.2) is 48.7 Å². The van der Waals surface area contributed by atoms with Crippen molar-refractivity contribution in [2.45, 2.75) is 13.3 Å². The molecule has 0 fully saturated rings. The number of hydrogen-bond acceptors (Lipinski definition) is 3. The average molecular weight is 270 g/mol. The Kier molecular flexibility index (Phi) is 4.55. The molecule has 0 atom stereocenters. The van der Waals surface area contributed by atoms with E-state index in [9.17, 15) is 4.79 Å². The van der Waals surface area contributed by atoms with Crippen LogP contribution < -0.4 is 11.1 Å². The van der Waals surface area contributed by atoms with Crippen LogP contribution in [0.1, 0.15) is 23.8 Å². The van der Waals surface area contributed by atoms with Crippen LogP contribution >= 0.6 is 0 Å². The Bertz CT molecular complexity index is 599. The number of nitrogens with zero attached hydrogens (tertiary/aromatic N) is 2. The van der Waals surface area contributed by atoms with Gasteiger partial charge in [0.05, 0.1) is 5.69 Å². The van der Waals surface area contributed by atoms with Gasteiger partial charge >= 0.3 is 0 Å². The number of rotatable bonds is 5. The van der Waals surface area contributed by atoms with Crippen LogP contribution in [0.25, 0.3) is 5.69 Å². The number of carbonyl (C=O) groups excluding carboxylic acids is 1. The molecule has 0 spiro atoms. The highest BCUT2D eigenvalue weighted by molar-refractivity contribution is 5.92. The third kappa shape index (κ3) is 3.47. The Morgan fingerprint density at radius 3 is 2.80 bits per heavy atom. The van der Waals surface area contributed by atoms with Gasteiger partial charge in [0, 0.05) is 18.4 Å². The van der Waals surface area contributed by atoms with Crippen molar-refractivity contribution in [3.63, 3.8) is 0 Å². The summed E-state index contributed by atoms with van der Waals surface area (Å²) in [6.45, 7) is 2.56. The number of anilines is 1. The van der Waals surface area contributed by atoms with Crippen molar-refractivity contribution < 1.29 is 4.79 Å². The Hall–Kier alpha value is -2.56. The van der Waals surface area contributed by atoms with Crippen LogP contribution in [0.2, 0.25) is 0 Å². The van der Waals surface area contributed by atoms with Gasteiger partial charge in [0.1, 0.15) is 0 Å². The Balaban J connectivity index is 2.01. The number of aromatic nitrogens is 2. The SMILES string of the molecule is C/C=C/CCNC(=O)c1ccn(-c2ccc(N)cc2)n1. The molecule has 0 aliphatic heterocycles. The molecule has 104 valence electrons. The maximum atomic E-state index is 11.9. The number of amides is 1. The molecule has 2 rings (SSSR count). The molecule has 1 aromatic carbocycles. The second kappa shape index (κ2) is 6.56. The van der Waals surface area contributed by atoms with E-state index in [1.54, 1.807) is 29.1 Å². The number of benzene rings is 1. The topological polar surface area (TPSA) is 72.9 Å². The molecule has 1 aromatic heterocycles. The van der Waals surface area contributed by atoms with E-state index in [1.807, 2.05) is 31.2 Å². The van der Waals surface area contributed by atoms with Crippen molar-refractivity contribution in [2.24, 2.45) is 0 Å². The zero-order valence-corrected chi connectivity index (χ0v) is 11.4. The van der Waals surface area contributed by atoms with Crippen molar-refractivity contribution in [1.29, 1.82) is 0 Å². The summed E-state index contributed by atoms with van der Waals surface area (Å²) in [5, 5.41) is 7.08. The molecular weight excluding hydrogens is 252 g/mol. The van der Waals surface area contributed by atoms with Gasteiger partial charge in [-0.2, -0.15) is 5.10 Å². The highest BCUT2D eigenvalue weighted by Gasteiger charge is 2.09. The second-order valence-corrected chi connectivity index (χ2v) is 4.35. The molecule has 5 heteroatoms. The molecule has 1 amide bonds. The monoisotopic (exact) mass is 270 g/mol. The first-order valence-electron chi connectivity index (χ1n) is 6.51. The molecule has 0 bridgehead atoms. The zero-order chi connectivity index (χ0) is 14.4. The van der Waals surface area contributed by atoms with Gasteiger partial charge in [0.2, 0.25) is 0 Å². The normalized spacial score (nSPS) is 10.8. The minimum absolute atomic E-state index is 0.163. The lowest BCUT2D eigenvalue weighted by atomic mass is 10.3. The maximum absolute atomic E-state index is 11.9. The zero-order valence-electron chi connectivity index (χ0n) is 11.4. The summed E-state index contributed by atoms with van der Waals surface area (Å²) in [7, 11) is 0. The third-order valence-electron chi connectivity index (χ3n) is 2.81. The van der Waals surface area contributed by atoms with E-state index >= 15 is 0 Å². The molecule has 0 aliphatic rings. The smallest absolute Gasteiger partial charge is 0.271 e. The average Bonchev–Trinajstić information content (AvgIpc) is 2.94. The molecule has 0 aliphatic carbocycles. The summed E-state index contributed by atoms with van der Waals surface area (Å²) >= 11 is 0. The van der Waals surface area contributed by atoms with Gasteiger partial charge in [-0.05, 0) is 43.7 Å². The molecule has 3 N–H and O–H groups in total. The van der Waals surface area contributed by atoms with E-state index in [1.165, 1.54) is 0 Å². The van der Waals surface area contributed by atoms with Crippen molar-refractivity contribution in [2.75, 3.05) is 12.3 Å². The molecular formula is C15H18N4O. The van der Waals surface area contributed by atoms with Crippen molar-refractivity contribution in [3.8, 4) is 5.69 Å². The van der Waals surface area contributed by atoms with Crippen LogP contribution in [0.4, 0.5) is 5.69 Å². The summed E-state index contributed by atoms with van der Waals surface area (Å²) in [6, 6.07) is 9.01. The molecule has 0 saturated carbocycles. The minimum atomic E-state index is -0.163. The van der Waals surface area contributed by atoms with E-state index in [0.29, 0.717) is 17.9 Å². The second-order valence-electron chi connectivity index (χ2n) is 4.35. The van der Waals surface area contributed by atoms with E-state index < -0.39 is 0 Å². The molecule has 20 heavy (non-hydrogen) atoms. The number of nitrogens with two attached hydrogens (primary N) is 1. The summed E-state index contributed by atoms with van der Waals surface area (Å²) in [5.41, 5.74) is 7.61. The first-order chi connectivity index (χ1) is 9.70. The number of nitrogens with one attached hydrogen (secondary N) is 1. The van der Waals surface area contributed by atoms with E-state index in [0.717, 1.165) is 12.1 Å². The fourth-order valence-electron chi connectivity index (χ4n) is 1.74. The van der Waals surface area contributed by atoms with Gasteiger partial charge in [0.15, 0.2) is 5.69 Å². The van der Waals surface area contributed by atoms with Crippen LogP contribution in [0, 0.1) is 0 Å². The maximum Gasteiger partial charge on any atom is 0.271 e. The molecule has 5 nitrogen and oxygen atoms in total. The van der Waals surface area contributed by atoms with Gasteiger partial charge in [-0.3, -0.25) is 4.79 Å². The molecule has 2 aromatic rings. The highest BCUT2D eigenvalue weighted by Crippen LogP contribution is 2.10. The summed E-state index contributed by atoms with van der Waals surface area (Å²) in [4.78, 5) is 11.9. The molecule has 0 radical (unpaired) electrons. The Morgan fingerprint density at radius 1 is 1.35 bits per heavy atom. The quantitative estimate of drug-likeness (QED) is 0.496. The molecule has 0 saturated heterocycles. The van der Waals surface area contributed by atoms with Crippen LogP contribution in [0.3, 0.4) is 0 Å². The van der Waals surface area contributed by atoms with Gasteiger partial charge in [0.25, 0.3) is 5.91 Å². The fraction of sp³-hybridized carbons (Fsp3) is 0.200. The van der Waals surface area contributed by atoms with E-state index in [4.69, 9.17) is 5.73 Å². The third-order valence-corrected chi connectivity index (χ3v) is 2.81. The highest BCUT2D eigenvalue weighted by atomic mass is 16.1. The predicted octanol–water partition coefficient (Wildman–Crippen LogP) is 2.15. The van der Waals surface area contributed by atoms with Crippen molar-refractivity contribution in [1.82, 2.24) is 15.1 Å². The minimum Gasteiger partial charge on any atom is -0.399 e. The summed E-state index contributed by atoms with van der Waals surface area (Å²) in [5.74, 6) is -0.163. The van der Waals surface area contributed by atoms with E-state index in [2.05, 4.69) is 10.4 Å². The molecule has 1 heterocycles. The summed E-state index contributed by atoms with van der Waals surface area (Å²) in [6.07, 6.45) is 6.54. The fourth-order valence-corrected chi connectivity index (χ4v) is 1.74. The molecule has 0 unspecified atom stereocenters. The Morgan fingerprint density at radius 2 is 2.10 bits per heavy atom. The lowest BCUT2D eigenvalue weighted by molar-refractivity contribution is 0.0949. The van der Waals surface area contributed by atoms with Gasteiger partial charge in [-0.25, -0.2) is 4.68 Å². The van der Waals surface area contributed by atoms with Gasteiger partial charge in [-0.15, -0.1) is 0 Å². The van der Waals surface area contributed by atoms with Crippen LogP contribution in [-0.4, -0.2) is 22.2 Å². The van der Waals surface area contributed by atoms with Crippen LogP contribution in [-0.2, 0) is 0 Å². The summed E-state index contributed by atoms with van der Waals surface area (Å²) < 4.78 is 1.65. The number of carbonyl (C=O) groups is 1. The predicted molar refractivity (Wildman–Crippen MR) is 79.7 cm³/mol.